The van der Waals surface area contributed by atoms with Crippen LogP contribution in [0.4, 0.5) is 11.4 Å². The van der Waals surface area contributed by atoms with Gasteiger partial charge in [0.25, 0.3) is 5.91 Å². The van der Waals surface area contributed by atoms with Gasteiger partial charge in [-0.2, -0.15) is 5.26 Å². The highest BCUT2D eigenvalue weighted by Gasteiger charge is 2.18. The van der Waals surface area contributed by atoms with Gasteiger partial charge in [0.1, 0.15) is 11.6 Å². The van der Waals surface area contributed by atoms with Crippen molar-refractivity contribution in [2.75, 3.05) is 10.6 Å². The number of hydrogen-bond acceptors (Lipinski definition) is 4. The Morgan fingerprint density at radius 1 is 1.00 bits per heavy atom. The van der Waals surface area contributed by atoms with Gasteiger partial charge in [-0.1, -0.05) is 57.8 Å². The van der Waals surface area contributed by atoms with E-state index >= 15 is 0 Å². The van der Waals surface area contributed by atoms with Gasteiger partial charge in [0.15, 0.2) is 0 Å². The number of nitrogens with two attached hydrogens (primary N) is 1. The highest BCUT2D eigenvalue weighted by Crippen LogP contribution is 2.19. The smallest absolute Gasteiger partial charge is 0.263 e. The maximum Gasteiger partial charge on any atom is 0.263 e. The van der Waals surface area contributed by atoms with Gasteiger partial charge in [-0.25, -0.2) is 0 Å². The van der Waals surface area contributed by atoms with Gasteiger partial charge in [-0.05, 0) is 37.1 Å². The monoisotopic (exact) mass is 410 g/mol. The van der Waals surface area contributed by atoms with Crippen molar-refractivity contribution in [1.82, 2.24) is 5.32 Å². The van der Waals surface area contributed by atoms with Gasteiger partial charge >= 0.3 is 0 Å². The number of nitrogens with one attached hydrogen (secondary N) is 1. The van der Waals surface area contributed by atoms with Crippen molar-refractivity contribution >= 4 is 23.2 Å². The summed E-state index contributed by atoms with van der Waals surface area (Å²) >= 11 is 0. The molecule has 3 N–H and O–H groups in total. The van der Waals surface area contributed by atoms with E-state index < -0.39 is 5.91 Å². The van der Waals surface area contributed by atoms with E-state index in [1.165, 1.54) is 63.0 Å². The summed E-state index contributed by atoms with van der Waals surface area (Å²) in [5.41, 5.74) is 6.77. The van der Waals surface area contributed by atoms with Crippen LogP contribution in [0.3, 0.4) is 0 Å². The molecule has 1 aliphatic carbocycles. The van der Waals surface area contributed by atoms with Gasteiger partial charge in [-0.3, -0.25) is 14.5 Å². The number of rotatable bonds is 4. The van der Waals surface area contributed by atoms with Crippen LogP contribution in [-0.4, -0.2) is 17.9 Å². The number of hydrogen-bond donors (Lipinski definition) is 2. The average molecular weight is 411 g/mol. The van der Waals surface area contributed by atoms with Crippen LogP contribution in [0.15, 0.2) is 36.0 Å². The molecule has 0 unspecified atom stereocenters. The predicted molar refractivity (Wildman–Crippen MR) is 120 cm³/mol. The van der Waals surface area contributed by atoms with Gasteiger partial charge in [0, 0.05) is 30.5 Å². The molecule has 0 bridgehead atoms. The summed E-state index contributed by atoms with van der Waals surface area (Å²) in [7, 11) is 0. The third kappa shape index (κ3) is 7.90. The molecule has 1 fully saturated rings. The van der Waals surface area contributed by atoms with E-state index in [1.807, 2.05) is 6.07 Å². The van der Waals surface area contributed by atoms with Gasteiger partial charge < -0.3 is 11.1 Å². The fraction of sp³-hybridized carbons (Fsp3) is 0.542. The molecule has 1 aliphatic rings. The van der Waals surface area contributed by atoms with Crippen LogP contribution in [0.1, 0.15) is 77.6 Å². The second kappa shape index (κ2) is 12.7. The number of nitriles is 1. The first-order chi connectivity index (χ1) is 14.5. The number of carbonyl (C=O) groups excluding carboxylic acids is 2. The largest absolute Gasteiger partial charge is 0.399 e. The van der Waals surface area contributed by atoms with Crippen molar-refractivity contribution < 1.29 is 9.59 Å². The number of carbonyl (C=O) groups is 2. The molecule has 0 heterocycles. The van der Waals surface area contributed by atoms with Crippen molar-refractivity contribution in [3.63, 3.8) is 0 Å². The molecule has 1 aromatic carbocycles. The van der Waals surface area contributed by atoms with E-state index in [-0.39, 0.29) is 17.5 Å². The molecule has 1 aromatic rings. The maximum absolute atomic E-state index is 12.8. The summed E-state index contributed by atoms with van der Waals surface area (Å²) in [4.78, 5) is 26.2. The Labute approximate surface area is 180 Å². The molecule has 0 saturated heterocycles. The zero-order valence-corrected chi connectivity index (χ0v) is 18.0. The molecule has 2 amide bonds. The minimum Gasteiger partial charge on any atom is -0.399 e. The van der Waals surface area contributed by atoms with Crippen molar-refractivity contribution in [1.29, 1.82) is 5.26 Å². The molecule has 1 saturated carbocycles. The minimum absolute atomic E-state index is 0.0657. The molecule has 0 atom stereocenters. The number of benzene rings is 1. The lowest BCUT2D eigenvalue weighted by atomic mass is 9.97. The molecule has 0 aliphatic heterocycles. The average Bonchev–Trinajstić information content (AvgIpc) is 2.71. The van der Waals surface area contributed by atoms with Crippen LogP contribution in [0.5, 0.6) is 0 Å². The quantitative estimate of drug-likeness (QED) is 0.422. The summed E-state index contributed by atoms with van der Waals surface area (Å²) in [6.45, 7) is 1.40. The summed E-state index contributed by atoms with van der Waals surface area (Å²) in [6, 6.07) is 8.75. The van der Waals surface area contributed by atoms with Crippen LogP contribution in [0.25, 0.3) is 0 Å². The molecule has 30 heavy (non-hydrogen) atoms. The van der Waals surface area contributed by atoms with Crippen molar-refractivity contribution in [3.05, 3.63) is 36.0 Å². The third-order valence-corrected chi connectivity index (χ3v) is 5.57. The van der Waals surface area contributed by atoms with E-state index in [2.05, 4.69) is 5.32 Å². The van der Waals surface area contributed by atoms with E-state index in [0.717, 1.165) is 25.7 Å². The normalized spacial score (nSPS) is 17.1. The summed E-state index contributed by atoms with van der Waals surface area (Å²) in [6.07, 6.45) is 14.1. The summed E-state index contributed by atoms with van der Waals surface area (Å²) in [5, 5.41) is 12.6. The van der Waals surface area contributed by atoms with E-state index in [4.69, 9.17) is 5.73 Å². The maximum atomic E-state index is 12.8. The lowest BCUT2D eigenvalue weighted by Crippen LogP contribution is -2.36. The summed E-state index contributed by atoms with van der Waals surface area (Å²) in [5.74, 6) is -0.706. The van der Waals surface area contributed by atoms with Crippen LogP contribution >= 0.6 is 0 Å². The van der Waals surface area contributed by atoms with Gasteiger partial charge in [0.2, 0.25) is 5.91 Å². The van der Waals surface area contributed by atoms with Crippen LogP contribution < -0.4 is 16.0 Å². The highest BCUT2D eigenvalue weighted by atomic mass is 16.2. The van der Waals surface area contributed by atoms with E-state index in [0.29, 0.717) is 11.4 Å². The molecule has 0 aromatic heterocycles. The van der Waals surface area contributed by atoms with Gasteiger partial charge in [-0.15, -0.1) is 0 Å². The van der Waals surface area contributed by atoms with E-state index in [1.54, 1.807) is 24.3 Å². The SMILES string of the molecule is CC(=O)N(/C=C(/C#N)C(=O)NC1CCCCCCCCCCC1)c1ccc(N)cc1. The van der Waals surface area contributed by atoms with Crippen LogP contribution in [0, 0.1) is 11.3 Å². The standard InChI is InChI=1S/C24H34N4O2/c1-19(29)28(23-15-13-21(26)14-16-23)18-20(17-25)24(30)27-22-11-9-7-5-3-2-4-6-8-10-12-22/h13-16,18,22H,2-12,26H2,1H3,(H,27,30)/b20-18-. The molecule has 6 nitrogen and oxygen atoms in total. The molecule has 0 radical (unpaired) electrons. The fourth-order valence-corrected chi connectivity index (χ4v) is 3.82. The van der Waals surface area contributed by atoms with Crippen molar-refractivity contribution in [3.8, 4) is 6.07 Å². The number of nitrogen functional groups attached to an aromatic ring is 1. The third-order valence-electron chi connectivity index (χ3n) is 5.57. The Kier molecular flexibility index (Phi) is 9.93. The Bertz CT molecular complexity index is 752. The first-order valence-corrected chi connectivity index (χ1v) is 11.1. The Hall–Kier alpha value is -2.81. The molecule has 6 heteroatoms. The number of nitrogens with zero attached hydrogens (tertiary/aromatic N) is 2. The van der Waals surface area contributed by atoms with Crippen molar-refractivity contribution in [2.45, 2.75) is 83.6 Å². The Morgan fingerprint density at radius 3 is 1.97 bits per heavy atom. The van der Waals surface area contributed by atoms with Gasteiger partial charge in [0.05, 0.1) is 0 Å². The second-order valence-electron chi connectivity index (χ2n) is 8.06. The predicted octanol–water partition coefficient (Wildman–Crippen LogP) is 4.82. The lowest BCUT2D eigenvalue weighted by molar-refractivity contribution is -0.117. The Balaban J connectivity index is 2.08. The number of amides is 2. The topological polar surface area (TPSA) is 99.2 Å². The highest BCUT2D eigenvalue weighted by molar-refractivity contribution is 6.01. The molecular weight excluding hydrogens is 376 g/mol. The number of anilines is 2. The first kappa shape index (κ1) is 23.5. The Morgan fingerprint density at radius 2 is 1.50 bits per heavy atom. The van der Waals surface area contributed by atoms with Crippen molar-refractivity contribution in [2.24, 2.45) is 0 Å². The minimum atomic E-state index is -0.420. The van der Waals surface area contributed by atoms with Crippen LogP contribution in [0.2, 0.25) is 0 Å². The lowest BCUT2D eigenvalue weighted by Gasteiger charge is -2.21. The summed E-state index contributed by atoms with van der Waals surface area (Å²) < 4.78 is 0. The zero-order valence-electron chi connectivity index (χ0n) is 18.0. The second-order valence-corrected chi connectivity index (χ2v) is 8.06. The molecule has 162 valence electrons. The fourth-order valence-electron chi connectivity index (χ4n) is 3.82. The molecule has 0 spiro atoms. The molecule has 2 rings (SSSR count). The zero-order chi connectivity index (χ0) is 21.8. The van der Waals surface area contributed by atoms with E-state index in [9.17, 15) is 14.9 Å². The first-order valence-electron chi connectivity index (χ1n) is 11.1. The van der Waals surface area contributed by atoms with Crippen LogP contribution in [-0.2, 0) is 9.59 Å². The molecular formula is C24H34N4O2.